The minimum atomic E-state index is -3.68. The van der Waals surface area contributed by atoms with Crippen molar-refractivity contribution in [2.75, 3.05) is 30.3 Å². The molecule has 2 aromatic rings. The van der Waals surface area contributed by atoms with E-state index >= 15 is 0 Å². The average molecular weight is 675 g/mol. The Balaban J connectivity index is 0.000000355. The fourth-order valence-corrected chi connectivity index (χ4v) is 5.02. The first-order chi connectivity index (χ1) is 16.0. The number of sulfone groups is 2. The normalized spacial score (nSPS) is 13.7. The molecule has 35 heavy (non-hydrogen) atoms. The predicted octanol–water partition coefficient (Wildman–Crippen LogP) is 3.18. The summed E-state index contributed by atoms with van der Waals surface area (Å²) < 4.78 is 72.9. The van der Waals surface area contributed by atoms with Crippen molar-refractivity contribution in [3.05, 3.63) is 57.0 Å². The van der Waals surface area contributed by atoms with Crippen LogP contribution in [0.5, 0.6) is 0 Å². The maximum absolute atomic E-state index is 11.2. The molecule has 0 aliphatic carbocycles. The number of halogens is 2. The fraction of sp³-hybridized carbons (Fsp3) is 0.450. The lowest BCUT2D eigenvalue weighted by atomic mass is 10.0. The summed E-state index contributed by atoms with van der Waals surface area (Å²) in [5.41, 5.74) is 1.26. The number of hydrogen-bond acceptors (Lipinski definition) is 10. The quantitative estimate of drug-likeness (QED) is 0.270. The van der Waals surface area contributed by atoms with Gasteiger partial charge in [0.2, 0.25) is 0 Å². The molecule has 0 radical (unpaired) electrons. The summed E-state index contributed by atoms with van der Waals surface area (Å²) in [7, 11) is -9.91. The van der Waals surface area contributed by atoms with Crippen molar-refractivity contribution in [1.29, 1.82) is 5.26 Å². The summed E-state index contributed by atoms with van der Waals surface area (Å²) in [5.74, 6) is -0.569. The van der Waals surface area contributed by atoms with Gasteiger partial charge in [-0.25, -0.2) is 26.8 Å². The molecule has 0 saturated carbocycles. The summed E-state index contributed by atoms with van der Waals surface area (Å²) >= 11 is 6.36. The summed E-state index contributed by atoms with van der Waals surface area (Å²) in [6.45, 7) is 0. The number of aromatic nitrogens is 2. The SMILES string of the molecule is CS(=O)(=O)CCC(C#N)c1ccc(Br)nc1.CS(=O)(=O)CCC(OS(C)(=O)=O)c1ccc(Br)nc1. The zero-order valence-electron chi connectivity index (χ0n) is 19.1. The summed E-state index contributed by atoms with van der Waals surface area (Å²) in [6.07, 6.45) is 5.71. The number of nitrogens with zero attached hydrogens (tertiary/aromatic N) is 3. The van der Waals surface area contributed by atoms with Crippen molar-refractivity contribution in [2.24, 2.45) is 0 Å². The number of hydrogen-bond donors (Lipinski definition) is 0. The lowest BCUT2D eigenvalue weighted by Crippen LogP contribution is -2.15. The van der Waals surface area contributed by atoms with Crippen LogP contribution in [0, 0.1) is 11.3 Å². The Labute approximate surface area is 223 Å². The van der Waals surface area contributed by atoms with E-state index in [1.807, 2.05) is 0 Å². The van der Waals surface area contributed by atoms with Crippen LogP contribution in [-0.2, 0) is 34.0 Å². The molecule has 15 heteroatoms. The van der Waals surface area contributed by atoms with Crippen LogP contribution in [0.15, 0.2) is 45.9 Å². The number of rotatable bonds is 10. The highest BCUT2D eigenvalue weighted by Crippen LogP contribution is 2.24. The molecule has 0 aliphatic rings. The van der Waals surface area contributed by atoms with Gasteiger partial charge < -0.3 is 0 Å². The zero-order valence-corrected chi connectivity index (χ0v) is 24.7. The monoisotopic (exact) mass is 673 g/mol. The molecule has 0 fully saturated rings. The van der Waals surface area contributed by atoms with Crippen LogP contribution in [0.3, 0.4) is 0 Å². The van der Waals surface area contributed by atoms with E-state index in [9.17, 15) is 25.3 Å². The second-order valence-electron chi connectivity index (χ2n) is 7.64. The van der Waals surface area contributed by atoms with Gasteiger partial charge in [0.05, 0.1) is 29.7 Å². The van der Waals surface area contributed by atoms with Crippen LogP contribution in [-0.4, -0.2) is 65.5 Å². The maximum atomic E-state index is 11.2. The van der Waals surface area contributed by atoms with Gasteiger partial charge >= 0.3 is 0 Å². The number of pyridine rings is 2. The molecule has 0 aliphatic heterocycles. The first-order valence-electron chi connectivity index (χ1n) is 9.85. The maximum Gasteiger partial charge on any atom is 0.264 e. The van der Waals surface area contributed by atoms with Gasteiger partial charge in [-0.15, -0.1) is 0 Å². The Morgan fingerprint density at radius 1 is 0.829 bits per heavy atom. The molecule has 0 spiro atoms. The van der Waals surface area contributed by atoms with Crippen LogP contribution in [0.2, 0.25) is 0 Å². The van der Waals surface area contributed by atoms with E-state index in [2.05, 4.69) is 47.9 Å². The third-order valence-corrected chi connectivity index (χ3v) is 7.72. The van der Waals surface area contributed by atoms with Gasteiger partial charge in [0.25, 0.3) is 10.1 Å². The van der Waals surface area contributed by atoms with E-state index in [1.165, 1.54) is 12.5 Å². The predicted molar refractivity (Wildman–Crippen MR) is 140 cm³/mol. The topological polar surface area (TPSA) is 161 Å². The smallest absolute Gasteiger partial charge is 0.262 e. The van der Waals surface area contributed by atoms with Crippen molar-refractivity contribution in [3.8, 4) is 6.07 Å². The van der Waals surface area contributed by atoms with Gasteiger partial charge in [-0.2, -0.15) is 13.7 Å². The molecule has 2 unspecified atom stereocenters. The molecule has 2 atom stereocenters. The molecule has 2 heterocycles. The molecule has 2 aromatic heterocycles. The Morgan fingerprint density at radius 2 is 1.29 bits per heavy atom. The van der Waals surface area contributed by atoms with Crippen molar-refractivity contribution in [1.82, 2.24) is 9.97 Å². The highest BCUT2D eigenvalue weighted by Gasteiger charge is 2.20. The lowest BCUT2D eigenvalue weighted by molar-refractivity contribution is 0.211. The van der Waals surface area contributed by atoms with Gasteiger partial charge in [-0.1, -0.05) is 12.1 Å². The van der Waals surface area contributed by atoms with E-state index in [0.717, 1.165) is 18.1 Å². The van der Waals surface area contributed by atoms with Crippen molar-refractivity contribution in [2.45, 2.75) is 24.9 Å². The van der Waals surface area contributed by atoms with Crippen LogP contribution in [0.25, 0.3) is 0 Å². The minimum Gasteiger partial charge on any atom is -0.262 e. The van der Waals surface area contributed by atoms with Crippen LogP contribution in [0.1, 0.15) is 36.0 Å². The van der Waals surface area contributed by atoms with Gasteiger partial charge in [-0.05, 0) is 62.4 Å². The average Bonchev–Trinajstić information content (AvgIpc) is 2.72. The second-order valence-corrected chi connectivity index (χ2v) is 15.4. The summed E-state index contributed by atoms with van der Waals surface area (Å²) in [5, 5.41) is 8.96. The van der Waals surface area contributed by atoms with Crippen molar-refractivity contribution in [3.63, 3.8) is 0 Å². The molecular weight excluding hydrogens is 650 g/mol. The second kappa shape index (κ2) is 13.8. The molecule has 0 saturated heterocycles. The van der Waals surface area contributed by atoms with Gasteiger partial charge in [0, 0.05) is 30.5 Å². The number of nitriles is 1. The Bertz CT molecular complexity index is 1330. The zero-order chi connectivity index (χ0) is 26.9. The third-order valence-electron chi connectivity index (χ3n) is 4.25. The molecule has 0 N–H and O–H groups in total. The molecular formula is C20H25Br2N3O7S3. The Kier molecular flexibility index (Phi) is 12.4. The van der Waals surface area contributed by atoms with Gasteiger partial charge in [-0.3, -0.25) is 4.18 Å². The molecule has 0 bridgehead atoms. The van der Waals surface area contributed by atoms with Crippen LogP contribution in [0.4, 0.5) is 0 Å². The van der Waals surface area contributed by atoms with Crippen molar-refractivity contribution < 1.29 is 29.4 Å². The van der Waals surface area contributed by atoms with E-state index < -0.39 is 41.8 Å². The van der Waals surface area contributed by atoms with Crippen molar-refractivity contribution >= 4 is 61.7 Å². The third kappa shape index (κ3) is 14.6. The lowest BCUT2D eigenvalue weighted by Gasteiger charge is -2.15. The van der Waals surface area contributed by atoms with E-state index in [1.54, 1.807) is 30.5 Å². The standard InChI is InChI=1S/C10H11BrN2O2S.C10H14BrNO5S2/c1-16(14,15)5-4-8(6-12)9-2-3-10(11)13-7-9;1-18(13,14)6-5-9(17-19(2,15)16)8-3-4-10(11)12-7-8/h2-3,7-8H,4-5H2,1H3;3-4,7,9H,5-6H2,1-2H3. The van der Waals surface area contributed by atoms with E-state index in [4.69, 9.17) is 9.44 Å². The summed E-state index contributed by atoms with van der Waals surface area (Å²) in [6, 6.07) is 8.87. The molecule has 0 aromatic carbocycles. The Hall–Kier alpha value is -1.44. The van der Waals surface area contributed by atoms with E-state index in [0.29, 0.717) is 21.2 Å². The molecule has 2 rings (SSSR count). The minimum absolute atomic E-state index is 0.0152. The fourth-order valence-electron chi connectivity index (χ4n) is 2.61. The largest absolute Gasteiger partial charge is 0.264 e. The Morgan fingerprint density at radius 3 is 1.66 bits per heavy atom. The molecule has 194 valence electrons. The van der Waals surface area contributed by atoms with Crippen LogP contribution < -0.4 is 0 Å². The first kappa shape index (κ1) is 31.6. The molecule has 10 nitrogen and oxygen atoms in total. The first-order valence-corrected chi connectivity index (χ1v) is 17.4. The summed E-state index contributed by atoms with van der Waals surface area (Å²) in [4.78, 5) is 7.98. The highest BCUT2D eigenvalue weighted by molar-refractivity contribution is 9.10. The van der Waals surface area contributed by atoms with Gasteiger partial charge in [0.15, 0.2) is 0 Å². The van der Waals surface area contributed by atoms with E-state index in [-0.39, 0.29) is 17.9 Å². The highest BCUT2D eigenvalue weighted by atomic mass is 79.9. The van der Waals surface area contributed by atoms with Gasteiger partial charge in [0.1, 0.15) is 35.0 Å². The molecule has 0 amide bonds. The van der Waals surface area contributed by atoms with Crippen LogP contribution >= 0.6 is 31.9 Å².